The maximum Gasteiger partial charge on any atom is 0.266 e. The van der Waals surface area contributed by atoms with E-state index in [1.165, 1.54) is 11.3 Å². The molecule has 148 valence electrons. The lowest BCUT2D eigenvalue weighted by atomic mass is 10.2. The third-order valence-electron chi connectivity index (χ3n) is 5.24. The summed E-state index contributed by atoms with van der Waals surface area (Å²) in [6.07, 6.45) is 8.78. The number of hydrogen-bond donors (Lipinski definition) is 0. The van der Waals surface area contributed by atoms with Crippen molar-refractivity contribution in [1.82, 2.24) is 28.9 Å². The Bertz CT molecular complexity index is 921. The Morgan fingerprint density at radius 1 is 1.11 bits per heavy atom. The molecule has 4 rings (SSSR count). The molecule has 3 aromatic heterocycles. The van der Waals surface area contributed by atoms with Gasteiger partial charge in [0.1, 0.15) is 10.7 Å². The highest BCUT2D eigenvalue weighted by Gasteiger charge is 2.25. The Balaban J connectivity index is 1.33. The molecule has 1 saturated heterocycles. The van der Waals surface area contributed by atoms with Crippen LogP contribution < -0.4 is 0 Å². The molecule has 0 spiro atoms. The monoisotopic (exact) mass is 398 g/mol. The molecule has 7 nitrogen and oxygen atoms in total. The highest BCUT2D eigenvalue weighted by atomic mass is 32.1. The smallest absolute Gasteiger partial charge is 0.266 e. The van der Waals surface area contributed by atoms with Crippen LogP contribution in [-0.2, 0) is 13.0 Å². The number of nitrogens with zero attached hydrogens (tertiary/aromatic N) is 6. The van der Waals surface area contributed by atoms with Gasteiger partial charge in [-0.1, -0.05) is 18.3 Å². The Morgan fingerprint density at radius 3 is 2.57 bits per heavy atom. The van der Waals surface area contributed by atoms with Gasteiger partial charge in [0.05, 0.1) is 5.69 Å². The Hall–Kier alpha value is -2.45. The highest BCUT2D eigenvalue weighted by molar-refractivity contribution is 7.16. The maximum atomic E-state index is 13.0. The van der Waals surface area contributed by atoms with E-state index in [0.717, 1.165) is 67.2 Å². The SMILES string of the molecule is CCc1nccn1CCN1CCN(C(=O)c2sc(-n3cccc3)nc2C)CC1. The van der Waals surface area contributed by atoms with E-state index in [0.29, 0.717) is 0 Å². The fraction of sp³-hybridized carbons (Fsp3) is 0.450. The zero-order valence-corrected chi connectivity index (χ0v) is 17.2. The number of amides is 1. The first kappa shape index (κ1) is 18.9. The molecule has 1 aliphatic heterocycles. The molecular weight excluding hydrogens is 372 g/mol. The lowest BCUT2D eigenvalue weighted by molar-refractivity contribution is 0.0637. The number of aryl methyl sites for hydroxylation is 2. The largest absolute Gasteiger partial charge is 0.335 e. The van der Waals surface area contributed by atoms with Gasteiger partial charge in [-0.05, 0) is 19.1 Å². The molecule has 0 radical (unpaired) electrons. The molecule has 28 heavy (non-hydrogen) atoms. The van der Waals surface area contributed by atoms with E-state index in [9.17, 15) is 4.79 Å². The summed E-state index contributed by atoms with van der Waals surface area (Å²) in [6.45, 7) is 9.33. The zero-order valence-electron chi connectivity index (χ0n) is 16.4. The number of imidazole rings is 1. The van der Waals surface area contributed by atoms with Gasteiger partial charge in [0.15, 0.2) is 5.13 Å². The summed E-state index contributed by atoms with van der Waals surface area (Å²) < 4.78 is 4.17. The molecule has 0 saturated carbocycles. The molecule has 0 aromatic carbocycles. The van der Waals surface area contributed by atoms with Crippen LogP contribution in [0.3, 0.4) is 0 Å². The standard InChI is InChI=1S/C20H26N6OS/c1-3-17-21-6-9-24(17)13-10-23-11-14-25(15-12-23)19(27)18-16(2)22-20(28-18)26-7-4-5-8-26/h4-9H,3,10-15H2,1-2H3. The average Bonchev–Trinajstić information content (AvgIpc) is 3.46. The zero-order chi connectivity index (χ0) is 19.5. The molecule has 1 aliphatic rings. The number of rotatable bonds is 6. The van der Waals surface area contributed by atoms with Crippen molar-refractivity contribution in [2.75, 3.05) is 32.7 Å². The van der Waals surface area contributed by atoms with Crippen molar-refractivity contribution in [3.63, 3.8) is 0 Å². The molecule has 0 bridgehead atoms. The van der Waals surface area contributed by atoms with E-state index in [-0.39, 0.29) is 5.91 Å². The van der Waals surface area contributed by atoms with Gasteiger partial charge in [-0.25, -0.2) is 9.97 Å². The van der Waals surface area contributed by atoms with Gasteiger partial charge < -0.3 is 14.0 Å². The van der Waals surface area contributed by atoms with E-state index < -0.39 is 0 Å². The Morgan fingerprint density at radius 2 is 1.86 bits per heavy atom. The third-order valence-corrected chi connectivity index (χ3v) is 6.40. The Labute approximate surface area is 169 Å². The van der Waals surface area contributed by atoms with Crippen LogP contribution >= 0.6 is 11.3 Å². The fourth-order valence-electron chi connectivity index (χ4n) is 3.58. The number of carbonyl (C=O) groups is 1. The van der Waals surface area contributed by atoms with Gasteiger partial charge in [0.25, 0.3) is 5.91 Å². The molecule has 1 fully saturated rings. The molecule has 0 aliphatic carbocycles. The predicted molar refractivity (Wildman–Crippen MR) is 110 cm³/mol. The summed E-state index contributed by atoms with van der Waals surface area (Å²) in [5.41, 5.74) is 0.813. The number of hydrogen-bond acceptors (Lipinski definition) is 5. The van der Waals surface area contributed by atoms with Gasteiger partial charge >= 0.3 is 0 Å². The minimum atomic E-state index is 0.107. The van der Waals surface area contributed by atoms with E-state index in [1.54, 1.807) is 0 Å². The number of piperazine rings is 1. The first-order valence-corrected chi connectivity index (χ1v) is 10.6. The van der Waals surface area contributed by atoms with Gasteiger partial charge in [0.2, 0.25) is 0 Å². The lowest BCUT2D eigenvalue weighted by Gasteiger charge is -2.34. The van der Waals surface area contributed by atoms with E-state index in [2.05, 4.69) is 26.4 Å². The summed E-state index contributed by atoms with van der Waals surface area (Å²) in [6, 6.07) is 3.93. The van der Waals surface area contributed by atoms with Crippen LogP contribution in [0.15, 0.2) is 36.9 Å². The number of aromatic nitrogens is 4. The van der Waals surface area contributed by atoms with Crippen LogP contribution in [0.4, 0.5) is 0 Å². The molecular formula is C20H26N6OS. The van der Waals surface area contributed by atoms with Gasteiger partial charge in [-0.15, -0.1) is 0 Å². The van der Waals surface area contributed by atoms with Gasteiger partial charge in [-0.3, -0.25) is 9.69 Å². The van der Waals surface area contributed by atoms with Crippen LogP contribution in [-0.4, -0.2) is 67.5 Å². The number of thiazole rings is 1. The second-order valence-electron chi connectivity index (χ2n) is 7.03. The summed E-state index contributed by atoms with van der Waals surface area (Å²) in [5.74, 6) is 1.24. The van der Waals surface area contributed by atoms with Gasteiger partial charge in [-0.2, -0.15) is 0 Å². The summed E-state index contributed by atoms with van der Waals surface area (Å²) >= 11 is 1.47. The van der Waals surface area contributed by atoms with Gasteiger partial charge in [0, 0.05) is 70.5 Å². The average molecular weight is 399 g/mol. The van der Waals surface area contributed by atoms with E-state index in [1.807, 2.05) is 53.3 Å². The normalized spacial score (nSPS) is 15.3. The van der Waals surface area contributed by atoms with Crippen molar-refractivity contribution in [2.24, 2.45) is 0 Å². The topological polar surface area (TPSA) is 59.2 Å². The van der Waals surface area contributed by atoms with Crippen molar-refractivity contribution in [1.29, 1.82) is 0 Å². The van der Waals surface area contributed by atoms with Crippen molar-refractivity contribution < 1.29 is 4.79 Å². The van der Waals surface area contributed by atoms with E-state index >= 15 is 0 Å². The third kappa shape index (κ3) is 3.88. The van der Waals surface area contributed by atoms with Crippen molar-refractivity contribution >= 4 is 17.2 Å². The predicted octanol–water partition coefficient (Wildman–Crippen LogP) is 2.46. The summed E-state index contributed by atoms with van der Waals surface area (Å²) in [4.78, 5) is 27.1. The summed E-state index contributed by atoms with van der Waals surface area (Å²) in [7, 11) is 0. The first-order chi connectivity index (χ1) is 13.7. The van der Waals surface area contributed by atoms with Crippen molar-refractivity contribution in [2.45, 2.75) is 26.8 Å². The highest BCUT2D eigenvalue weighted by Crippen LogP contribution is 2.23. The van der Waals surface area contributed by atoms with Crippen LogP contribution in [0.2, 0.25) is 0 Å². The minimum absolute atomic E-state index is 0.107. The first-order valence-electron chi connectivity index (χ1n) is 9.78. The molecule has 3 aromatic rings. The molecule has 0 atom stereocenters. The molecule has 4 heterocycles. The fourth-order valence-corrected chi connectivity index (χ4v) is 4.58. The second-order valence-corrected chi connectivity index (χ2v) is 8.00. The lowest BCUT2D eigenvalue weighted by Crippen LogP contribution is -2.49. The molecule has 8 heteroatoms. The van der Waals surface area contributed by atoms with Crippen molar-refractivity contribution in [3.05, 3.63) is 53.3 Å². The number of carbonyl (C=O) groups excluding carboxylic acids is 1. The summed E-state index contributed by atoms with van der Waals surface area (Å²) in [5, 5.41) is 0.844. The minimum Gasteiger partial charge on any atom is -0.335 e. The van der Waals surface area contributed by atoms with Crippen LogP contribution in [0, 0.1) is 6.92 Å². The van der Waals surface area contributed by atoms with Crippen LogP contribution in [0.25, 0.3) is 5.13 Å². The second kappa shape index (κ2) is 8.28. The van der Waals surface area contributed by atoms with E-state index in [4.69, 9.17) is 0 Å². The maximum absolute atomic E-state index is 13.0. The van der Waals surface area contributed by atoms with Crippen LogP contribution in [0.1, 0.15) is 28.1 Å². The quantitative estimate of drug-likeness (QED) is 0.640. The molecule has 0 unspecified atom stereocenters. The van der Waals surface area contributed by atoms with Crippen LogP contribution in [0.5, 0.6) is 0 Å². The molecule has 0 N–H and O–H groups in total. The Kier molecular flexibility index (Phi) is 5.59. The van der Waals surface area contributed by atoms with Crippen molar-refractivity contribution in [3.8, 4) is 5.13 Å². The molecule has 1 amide bonds.